The van der Waals surface area contributed by atoms with Crippen LogP contribution in [0.2, 0.25) is 0 Å². The molecule has 29 heavy (non-hydrogen) atoms. The molecular formula is C15H17N5O5S4. The fraction of sp³-hybridized carbons (Fsp3) is 0.400. The maximum Gasteiger partial charge on any atom is 0.352 e. The highest BCUT2D eigenvalue weighted by molar-refractivity contribution is 8.76. The summed E-state index contributed by atoms with van der Waals surface area (Å²) in [7, 11) is 4.33. The number of aliphatic carboxylic acids is 1. The van der Waals surface area contributed by atoms with Gasteiger partial charge in [0.1, 0.15) is 29.9 Å². The second kappa shape index (κ2) is 9.28. The Labute approximate surface area is 182 Å². The van der Waals surface area contributed by atoms with Crippen LogP contribution < -0.4 is 11.1 Å². The van der Waals surface area contributed by atoms with Crippen molar-refractivity contribution >= 4 is 73.3 Å². The number of carboxylic acids is 1. The third-order valence-electron chi connectivity index (χ3n) is 4.05. The Hall–Kier alpha value is -1.90. The van der Waals surface area contributed by atoms with Crippen molar-refractivity contribution < 1.29 is 24.3 Å². The van der Waals surface area contributed by atoms with E-state index < -0.39 is 29.2 Å². The monoisotopic (exact) mass is 475 g/mol. The summed E-state index contributed by atoms with van der Waals surface area (Å²) >= 11 is 2.55. The number of aromatic nitrogens is 1. The van der Waals surface area contributed by atoms with E-state index in [1.54, 1.807) is 5.38 Å². The zero-order chi connectivity index (χ0) is 21.1. The molecule has 0 spiro atoms. The van der Waals surface area contributed by atoms with Gasteiger partial charge in [0.15, 0.2) is 10.8 Å². The Morgan fingerprint density at radius 2 is 2.31 bits per heavy atom. The lowest BCUT2D eigenvalue weighted by atomic mass is 10.0. The van der Waals surface area contributed by atoms with Gasteiger partial charge in [-0.2, -0.15) is 0 Å². The number of carbonyl (C=O) groups is 3. The van der Waals surface area contributed by atoms with E-state index in [0.29, 0.717) is 17.1 Å². The number of anilines is 1. The van der Waals surface area contributed by atoms with Crippen LogP contribution in [0.5, 0.6) is 0 Å². The summed E-state index contributed by atoms with van der Waals surface area (Å²) in [5, 5.41) is 17.2. The van der Waals surface area contributed by atoms with Crippen LogP contribution in [0.15, 0.2) is 21.8 Å². The molecule has 4 N–H and O–H groups in total. The highest BCUT2D eigenvalue weighted by Gasteiger charge is 2.54. The summed E-state index contributed by atoms with van der Waals surface area (Å²) < 4.78 is 0. The van der Waals surface area contributed by atoms with E-state index in [1.165, 1.54) is 45.4 Å². The molecule has 2 aliphatic heterocycles. The molecule has 10 nitrogen and oxygen atoms in total. The number of fused-ring (bicyclic) bond motifs is 1. The predicted molar refractivity (Wildman–Crippen MR) is 116 cm³/mol. The van der Waals surface area contributed by atoms with E-state index in [1.807, 2.05) is 6.26 Å². The lowest BCUT2D eigenvalue weighted by Gasteiger charge is -2.49. The van der Waals surface area contributed by atoms with Crippen molar-refractivity contribution in [1.82, 2.24) is 15.2 Å². The molecule has 0 bridgehead atoms. The van der Waals surface area contributed by atoms with Crippen LogP contribution in [0.25, 0.3) is 0 Å². The SMILES string of the molecule is CO/N=C(\C(=O)NC1C(=O)N2C(C(=O)O)=C(CSSC)CS[C@H]12)c1csc(N)n1. The van der Waals surface area contributed by atoms with Crippen LogP contribution in [0, 0.1) is 0 Å². The van der Waals surface area contributed by atoms with Gasteiger partial charge in [-0.25, -0.2) is 9.78 Å². The molecule has 156 valence electrons. The number of thiazole rings is 1. The van der Waals surface area contributed by atoms with Gasteiger partial charge in [0.2, 0.25) is 0 Å². The highest BCUT2D eigenvalue weighted by atomic mass is 33.1. The van der Waals surface area contributed by atoms with Crippen molar-refractivity contribution in [3.8, 4) is 0 Å². The van der Waals surface area contributed by atoms with Gasteiger partial charge in [0.05, 0.1) is 0 Å². The molecule has 1 aromatic rings. The predicted octanol–water partition coefficient (Wildman–Crippen LogP) is 0.826. The van der Waals surface area contributed by atoms with Crippen molar-refractivity contribution in [2.45, 2.75) is 11.4 Å². The molecule has 0 aliphatic carbocycles. The summed E-state index contributed by atoms with van der Waals surface area (Å²) in [5.74, 6) is -1.30. The van der Waals surface area contributed by atoms with Crippen LogP contribution >= 0.6 is 44.7 Å². The van der Waals surface area contributed by atoms with E-state index in [9.17, 15) is 19.5 Å². The van der Waals surface area contributed by atoms with E-state index >= 15 is 0 Å². The molecule has 1 saturated heterocycles. The number of nitrogens with zero attached hydrogens (tertiary/aromatic N) is 3. The van der Waals surface area contributed by atoms with Crippen molar-refractivity contribution in [2.75, 3.05) is 30.6 Å². The third kappa shape index (κ3) is 4.34. The number of nitrogens with one attached hydrogen (secondary N) is 1. The number of nitrogens with two attached hydrogens (primary N) is 1. The molecule has 2 aliphatic rings. The summed E-state index contributed by atoms with van der Waals surface area (Å²) in [5.41, 5.74) is 6.42. The number of oxime groups is 1. The summed E-state index contributed by atoms with van der Waals surface area (Å²) in [6.45, 7) is 0. The quantitative estimate of drug-likeness (QED) is 0.214. The number of rotatable bonds is 8. The highest BCUT2D eigenvalue weighted by Crippen LogP contribution is 2.41. The fourth-order valence-electron chi connectivity index (χ4n) is 2.83. The third-order valence-corrected chi connectivity index (χ3v) is 7.83. The van der Waals surface area contributed by atoms with Gasteiger partial charge in [0.25, 0.3) is 11.8 Å². The number of β-lactam (4-membered cyclic amide) rings is 1. The van der Waals surface area contributed by atoms with E-state index in [-0.39, 0.29) is 22.2 Å². The molecule has 1 unspecified atom stereocenters. The molecule has 3 rings (SSSR count). The maximum atomic E-state index is 12.7. The largest absolute Gasteiger partial charge is 0.477 e. The van der Waals surface area contributed by atoms with Crippen LogP contribution in [0.3, 0.4) is 0 Å². The zero-order valence-electron chi connectivity index (χ0n) is 15.3. The van der Waals surface area contributed by atoms with E-state index in [0.717, 1.165) is 11.3 Å². The Kier molecular flexibility index (Phi) is 6.97. The minimum atomic E-state index is -1.15. The van der Waals surface area contributed by atoms with Crippen LogP contribution in [-0.2, 0) is 19.2 Å². The van der Waals surface area contributed by atoms with Crippen LogP contribution in [0.1, 0.15) is 5.69 Å². The van der Waals surface area contributed by atoms with Gasteiger partial charge in [-0.3, -0.25) is 14.5 Å². The Balaban J connectivity index is 1.77. The molecule has 0 radical (unpaired) electrons. The van der Waals surface area contributed by atoms with Crippen molar-refractivity contribution in [3.63, 3.8) is 0 Å². The molecule has 2 atom stereocenters. The first-order valence-corrected chi connectivity index (χ1v) is 12.7. The lowest BCUT2D eigenvalue weighted by molar-refractivity contribution is -0.150. The number of hydrogen-bond donors (Lipinski definition) is 3. The normalized spacial score (nSPS) is 21.5. The van der Waals surface area contributed by atoms with Gasteiger partial charge in [-0.05, 0) is 11.8 Å². The minimum absolute atomic E-state index is 0.00357. The first-order valence-electron chi connectivity index (χ1n) is 8.08. The van der Waals surface area contributed by atoms with Crippen LogP contribution in [-0.4, -0.2) is 74.8 Å². The second-order valence-electron chi connectivity index (χ2n) is 5.74. The van der Waals surface area contributed by atoms with Crippen molar-refractivity contribution in [3.05, 3.63) is 22.3 Å². The summed E-state index contributed by atoms with van der Waals surface area (Å²) in [6.07, 6.45) is 1.90. The fourth-order valence-corrected chi connectivity index (χ4v) is 6.13. The molecular weight excluding hydrogens is 458 g/mol. The molecule has 1 fully saturated rings. The number of carboxylic acid groups (broad SMARTS) is 1. The average Bonchev–Trinajstić information content (AvgIpc) is 3.13. The number of hydrogen-bond acceptors (Lipinski definition) is 11. The molecule has 3 heterocycles. The van der Waals surface area contributed by atoms with Crippen molar-refractivity contribution in [1.29, 1.82) is 0 Å². The van der Waals surface area contributed by atoms with Crippen molar-refractivity contribution in [2.24, 2.45) is 5.16 Å². The minimum Gasteiger partial charge on any atom is -0.477 e. The molecule has 1 aromatic heterocycles. The Bertz CT molecular complexity index is 901. The molecule has 14 heteroatoms. The molecule has 0 aromatic carbocycles. The maximum absolute atomic E-state index is 12.7. The smallest absolute Gasteiger partial charge is 0.352 e. The molecule has 0 saturated carbocycles. The van der Waals surface area contributed by atoms with Gasteiger partial charge in [0, 0.05) is 16.9 Å². The number of thioether (sulfide) groups is 1. The first-order chi connectivity index (χ1) is 13.9. The second-order valence-corrected chi connectivity index (χ2v) is 10.3. The summed E-state index contributed by atoms with van der Waals surface area (Å²) in [4.78, 5) is 47.1. The zero-order valence-corrected chi connectivity index (χ0v) is 18.5. The standard InChI is InChI=1S/C15H17N5O5S4/c1-25-19-8(7-5-28-15(16)17-7)11(21)18-9-12(22)20-10(14(23)24)6(4-29-26-2)3-27-13(9)20/h5,9,13H,3-4H2,1-2H3,(H2,16,17)(H,18,21)(H,23,24)/b19-8-/t9?,13-/m1/s1. The Morgan fingerprint density at radius 1 is 1.55 bits per heavy atom. The van der Waals surface area contributed by atoms with E-state index in [4.69, 9.17) is 10.6 Å². The van der Waals surface area contributed by atoms with Crippen LogP contribution in [0.4, 0.5) is 5.13 Å². The van der Waals surface area contributed by atoms with Gasteiger partial charge in [-0.15, -0.1) is 23.1 Å². The van der Waals surface area contributed by atoms with Gasteiger partial charge < -0.3 is 21.0 Å². The number of amides is 2. The van der Waals surface area contributed by atoms with Gasteiger partial charge >= 0.3 is 5.97 Å². The average molecular weight is 476 g/mol. The van der Waals surface area contributed by atoms with Gasteiger partial charge in [-0.1, -0.05) is 26.7 Å². The first kappa shape index (κ1) is 21.8. The number of carbonyl (C=O) groups excluding carboxylic acids is 2. The Morgan fingerprint density at radius 3 is 2.90 bits per heavy atom. The number of nitrogen functional groups attached to an aromatic ring is 1. The summed E-state index contributed by atoms with van der Waals surface area (Å²) in [6, 6.07) is -0.866. The lowest BCUT2D eigenvalue weighted by Crippen LogP contribution is -2.71. The topological polar surface area (TPSA) is 147 Å². The molecule has 2 amide bonds. The van der Waals surface area contributed by atoms with E-state index in [2.05, 4.69) is 15.5 Å².